The minimum absolute atomic E-state index is 0.00352. The number of benzene rings is 1. The molecule has 6 atom stereocenters. The van der Waals surface area contributed by atoms with Crippen molar-refractivity contribution in [1.82, 2.24) is 10.2 Å². The van der Waals surface area contributed by atoms with Crippen LogP contribution in [0.5, 0.6) is 0 Å². The number of carbonyl (C=O) groups is 4. The summed E-state index contributed by atoms with van der Waals surface area (Å²) in [5.74, 6) is 0.305. The number of nitrogens with zero attached hydrogens (tertiary/aromatic N) is 1. The van der Waals surface area contributed by atoms with E-state index < -0.39 is 11.6 Å². The van der Waals surface area contributed by atoms with Crippen LogP contribution in [0.1, 0.15) is 144 Å². The monoisotopic (exact) mass is 564 g/mol. The van der Waals surface area contributed by atoms with Crippen molar-refractivity contribution in [3.05, 3.63) is 35.4 Å². The maximum Gasteiger partial charge on any atom is 0.228 e. The van der Waals surface area contributed by atoms with Gasteiger partial charge in [0.2, 0.25) is 5.91 Å². The molecular weight excluding hydrogens is 512 g/mol. The number of hydrogen-bond acceptors (Lipinski definition) is 5. The quantitative estimate of drug-likeness (QED) is 0.166. The van der Waals surface area contributed by atoms with Gasteiger partial charge in [0.15, 0.2) is 11.6 Å². The highest BCUT2D eigenvalue weighted by atomic mass is 16.2. The van der Waals surface area contributed by atoms with Gasteiger partial charge in [0.05, 0.1) is 12.0 Å². The van der Waals surface area contributed by atoms with Crippen molar-refractivity contribution >= 4 is 23.8 Å². The summed E-state index contributed by atoms with van der Waals surface area (Å²) in [7, 11) is 0. The number of hydrogen-bond donors (Lipinski definition) is 1. The van der Waals surface area contributed by atoms with Gasteiger partial charge in [0.25, 0.3) is 0 Å². The Morgan fingerprint density at radius 2 is 1.56 bits per heavy atom. The molecule has 226 valence electrons. The molecule has 1 saturated heterocycles. The van der Waals surface area contributed by atoms with Crippen molar-refractivity contribution in [3.8, 4) is 0 Å². The lowest BCUT2D eigenvalue weighted by molar-refractivity contribution is -0.179. The molecule has 2 saturated carbocycles. The maximum absolute atomic E-state index is 15.0. The average Bonchev–Trinajstić information content (AvgIpc) is 2.97. The first-order valence-corrected chi connectivity index (χ1v) is 16.6. The molecule has 4 rings (SSSR count). The van der Waals surface area contributed by atoms with Crippen LogP contribution in [0.3, 0.4) is 0 Å². The predicted molar refractivity (Wildman–Crippen MR) is 163 cm³/mol. The Morgan fingerprint density at radius 3 is 2.17 bits per heavy atom. The molecule has 3 fully saturated rings. The zero-order chi connectivity index (χ0) is 29.4. The highest BCUT2D eigenvalue weighted by molar-refractivity contribution is 6.01. The summed E-state index contributed by atoms with van der Waals surface area (Å²) in [6.07, 6.45) is 16.2. The molecule has 0 spiro atoms. The van der Waals surface area contributed by atoms with Crippen molar-refractivity contribution in [3.63, 3.8) is 0 Å². The topological polar surface area (TPSA) is 83.6 Å². The van der Waals surface area contributed by atoms with E-state index in [4.69, 9.17) is 0 Å². The van der Waals surface area contributed by atoms with Crippen LogP contribution in [0.15, 0.2) is 24.3 Å². The number of amides is 1. The summed E-state index contributed by atoms with van der Waals surface area (Å²) in [4.78, 5) is 55.4. The van der Waals surface area contributed by atoms with Gasteiger partial charge in [-0.25, -0.2) is 0 Å². The Balaban J connectivity index is 1.62. The second-order valence-corrected chi connectivity index (χ2v) is 12.8. The van der Waals surface area contributed by atoms with Crippen LogP contribution in [0.4, 0.5) is 0 Å². The van der Waals surface area contributed by atoms with Crippen molar-refractivity contribution in [2.45, 2.75) is 147 Å². The van der Waals surface area contributed by atoms with E-state index in [1.165, 1.54) is 12.8 Å². The smallest absolute Gasteiger partial charge is 0.228 e. The lowest BCUT2D eigenvalue weighted by Gasteiger charge is -2.58. The van der Waals surface area contributed by atoms with Gasteiger partial charge in [0, 0.05) is 29.1 Å². The molecule has 0 bridgehead atoms. The average molecular weight is 565 g/mol. The van der Waals surface area contributed by atoms with Crippen LogP contribution in [-0.4, -0.2) is 52.3 Å². The Morgan fingerprint density at radius 1 is 0.927 bits per heavy atom. The van der Waals surface area contributed by atoms with Crippen molar-refractivity contribution in [2.24, 2.45) is 11.8 Å². The molecule has 1 aromatic carbocycles. The third-order valence-corrected chi connectivity index (χ3v) is 10.4. The molecular formula is C35H52N2O4. The van der Waals surface area contributed by atoms with Gasteiger partial charge in [-0.15, -0.1) is 0 Å². The molecule has 1 aliphatic heterocycles. The van der Waals surface area contributed by atoms with Crippen LogP contribution in [-0.2, 0) is 9.59 Å². The van der Waals surface area contributed by atoms with Crippen LogP contribution >= 0.6 is 0 Å². The third kappa shape index (κ3) is 6.68. The first-order valence-electron chi connectivity index (χ1n) is 16.6. The lowest BCUT2D eigenvalue weighted by Crippen LogP contribution is -2.73. The van der Waals surface area contributed by atoms with Gasteiger partial charge in [-0.3, -0.25) is 19.2 Å². The number of aldehydes is 1. The summed E-state index contributed by atoms with van der Waals surface area (Å²) in [5, 5.41) is 3.69. The van der Waals surface area contributed by atoms with E-state index >= 15 is 0 Å². The first kappa shape index (κ1) is 31.6. The number of nitrogens with one attached hydrogen (secondary N) is 1. The molecule has 3 aliphatic rings. The van der Waals surface area contributed by atoms with Crippen molar-refractivity contribution in [2.75, 3.05) is 0 Å². The first-order chi connectivity index (χ1) is 19.9. The van der Waals surface area contributed by atoms with E-state index in [1.54, 1.807) is 24.3 Å². The highest BCUT2D eigenvalue weighted by Crippen LogP contribution is 2.46. The number of carbonyl (C=O) groups excluding carboxylic acids is 4. The molecule has 2 aliphatic carbocycles. The Kier molecular flexibility index (Phi) is 11.3. The number of β-lactam (4-membered cyclic amide) rings is 1. The molecule has 0 aromatic heterocycles. The summed E-state index contributed by atoms with van der Waals surface area (Å²) < 4.78 is 0. The largest absolute Gasteiger partial charge is 0.326 e. The van der Waals surface area contributed by atoms with Crippen molar-refractivity contribution in [1.29, 1.82) is 0 Å². The van der Waals surface area contributed by atoms with E-state index in [9.17, 15) is 19.2 Å². The van der Waals surface area contributed by atoms with E-state index in [0.717, 1.165) is 76.9 Å². The number of Topliss-reactive ketones (excluding diaryl/α,β-unsaturated/α-hetero) is 2. The Labute approximate surface area is 247 Å². The van der Waals surface area contributed by atoms with Gasteiger partial charge in [-0.05, 0) is 44.9 Å². The van der Waals surface area contributed by atoms with Crippen LogP contribution < -0.4 is 5.32 Å². The van der Waals surface area contributed by atoms with Gasteiger partial charge in [-0.1, -0.05) is 103 Å². The predicted octanol–water partition coefficient (Wildman–Crippen LogP) is 7.09. The number of likely N-dealkylation sites (tertiary alicyclic amines) is 1. The molecule has 1 aromatic rings. The summed E-state index contributed by atoms with van der Waals surface area (Å²) in [6.45, 7) is 6.24. The lowest BCUT2D eigenvalue weighted by atomic mass is 9.67. The molecule has 0 radical (unpaired) electrons. The Bertz CT molecular complexity index is 1050. The summed E-state index contributed by atoms with van der Waals surface area (Å²) >= 11 is 0. The number of fused-ring (bicyclic) bond motifs is 1. The highest BCUT2D eigenvalue weighted by Gasteiger charge is 2.58. The zero-order valence-electron chi connectivity index (χ0n) is 25.7. The third-order valence-electron chi connectivity index (χ3n) is 10.4. The van der Waals surface area contributed by atoms with E-state index in [2.05, 4.69) is 24.1 Å². The van der Waals surface area contributed by atoms with Crippen LogP contribution in [0.2, 0.25) is 0 Å². The van der Waals surface area contributed by atoms with Gasteiger partial charge < -0.3 is 10.2 Å². The van der Waals surface area contributed by atoms with E-state index in [-0.39, 0.29) is 41.4 Å². The fourth-order valence-corrected chi connectivity index (χ4v) is 8.05. The van der Waals surface area contributed by atoms with Crippen LogP contribution in [0, 0.1) is 11.8 Å². The van der Waals surface area contributed by atoms with E-state index in [0.29, 0.717) is 30.4 Å². The summed E-state index contributed by atoms with van der Waals surface area (Å²) in [6, 6.07) is 6.50. The maximum atomic E-state index is 15.0. The zero-order valence-corrected chi connectivity index (χ0v) is 25.7. The fraction of sp³-hybridized carbons (Fsp3) is 0.714. The molecule has 1 heterocycles. The molecule has 2 unspecified atom stereocenters. The summed E-state index contributed by atoms with van der Waals surface area (Å²) in [5.41, 5.74) is 0.373. The van der Waals surface area contributed by atoms with E-state index in [1.807, 2.05) is 6.92 Å². The SMILES string of the molecule is CCCC(CC)(C(=O)[C@@H]1CCCCCC[C@@H]1NC(CC)C(=O)c1ccc(C=O)cc1)N1C(=O)[C@@H]2CCCCCC[C@@H]21. The molecule has 6 heteroatoms. The molecule has 1 amide bonds. The minimum Gasteiger partial charge on any atom is -0.326 e. The second kappa shape index (κ2) is 14.7. The molecule has 6 nitrogen and oxygen atoms in total. The minimum atomic E-state index is -0.758. The standard InChI is InChI=1S/C35H52N2O4/c1-4-23-35(6-3,37-31-18-14-10-8-12-16-28(31)34(37)41)33(40)27-15-11-7-9-13-17-30(27)36-29(5-2)32(39)26-21-19-25(24-38)20-22-26/h19-22,24,27-31,36H,4-18,23H2,1-3H3/t27-,28-,29?,30+,31+,35?/m1/s1. The normalized spacial score (nSPS) is 27.6. The number of rotatable bonds is 12. The van der Waals surface area contributed by atoms with Gasteiger partial charge in [0.1, 0.15) is 11.8 Å². The van der Waals surface area contributed by atoms with Gasteiger partial charge >= 0.3 is 0 Å². The van der Waals surface area contributed by atoms with Crippen molar-refractivity contribution < 1.29 is 19.2 Å². The van der Waals surface area contributed by atoms with Crippen LogP contribution in [0.25, 0.3) is 0 Å². The van der Waals surface area contributed by atoms with Gasteiger partial charge in [-0.2, -0.15) is 0 Å². The molecule has 41 heavy (non-hydrogen) atoms. The fourth-order valence-electron chi connectivity index (χ4n) is 8.05. The second-order valence-electron chi connectivity index (χ2n) is 12.8. The molecule has 1 N–H and O–H groups in total. The Hall–Kier alpha value is -2.34. The number of ketones is 2.